The summed E-state index contributed by atoms with van der Waals surface area (Å²) in [6.07, 6.45) is 1.40. The lowest BCUT2D eigenvalue weighted by Crippen LogP contribution is -2.16. The van der Waals surface area contributed by atoms with Gasteiger partial charge >= 0.3 is 0 Å². The van der Waals surface area contributed by atoms with E-state index in [0.29, 0.717) is 11.3 Å². The van der Waals surface area contributed by atoms with E-state index in [-0.39, 0.29) is 5.82 Å². The Hall–Kier alpha value is -1.55. The number of benzene rings is 1. The molecule has 64 valence electrons. The molecule has 0 heterocycles. The number of nitrogens with two attached hydrogens (primary N) is 2. The minimum absolute atomic E-state index is 0.319. The maximum absolute atomic E-state index is 12.6. The van der Waals surface area contributed by atoms with Crippen molar-refractivity contribution in [2.24, 2.45) is 11.6 Å². The van der Waals surface area contributed by atoms with E-state index < -0.39 is 0 Å². The Labute approximate surface area is 69.8 Å². The molecule has 0 atom stereocenters. The molecule has 0 spiro atoms. The molecule has 0 fully saturated rings. The lowest BCUT2D eigenvalue weighted by atomic mass is 10.2. The average Bonchev–Trinajstić information content (AvgIpc) is 2.05. The first kappa shape index (κ1) is 8.55. The highest BCUT2D eigenvalue weighted by molar-refractivity contribution is 5.61. The number of hydrogen-bond donors (Lipinski definition) is 3. The van der Waals surface area contributed by atoms with Crippen molar-refractivity contribution in [3.05, 3.63) is 41.8 Å². The number of hydrogen-bond acceptors (Lipinski definition) is 3. The van der Waals surface area contributed by atoms with Gasteiger partial charge in [-0.1, -0.05) is 12.1 Å². The van der Waals surface area contributed by atoms with E-state index in [2.05, 4.69) is 5.43 Å². The standard InChI is InChI=1S/C8H10FN3/c9-7-3-1-2-6(4-7)8(10)5-12-11/h1-5,12H,10-11H2/b8-5-. The predicted octanol–water partition coefficient (Wildman–Crippen LogP) is 0.546. The van der Waals surface area contributed by atoms with Crippen LogP contribution in [-0.4, -0.2) is 0 Å². The van der Waals surface area contributed by atoms with Crippen LogP contribution in [0.5, 0.6) is 0 Å². The summed E-state index contributed by atoms with van der Waals surface area (Å²) in [5.41, 5.74) is 8.81. The monoisotopic (exact) mass is 167 g/mol. The van der Waals surface area contributed by atoms with Crippen LogP contribution in [0.15, 0.2) is 30.5 Å². The maximum atomic E-state index is 12.6. The van der Waals surface area contributed by atoms with E-state index in [9.17, 15) is 4.39 Å². The van der Waals surface area contributed by atoms with Crippen molar-refractivity contribution in [1.29, 1.82) is 0 Å². The second kappa shape index (κ2) is 3.73. The SMILES string of the molecule is NN/C=C(\N)c1cccc(F)c1. The molecule has 0 saturated heterocycles. The van der Waals surface area contributed by atoms with Crippen molar-refractivity contribution in [2.45, 2.75) is 0 Å². The smallest absolute Gasteiger partial charge is 0.123 e. The molecular weight excluding hydrogens is 157 g/mol. The second-order valence-corrected chi connectivity index (χ2v) is 2.28. The van der Waals surface area contributed by atoms with Gasteiger partial charge in [-0.2, -0.15) is 0 Å². The van der Waals surface area contributed by atoms with Crippen LogP contribution in [0.4, 0.5) is 4.39 Å². The normalized spacial score (nSPS) is 11.3. The van der Waals surface area contributed by atoms with Crippen LogP contribution in [0.25, 0.3) is 5.70 Å². The maximum Gasteiger partial charge on any atom is 0.123 e. The molecule has 0 aliphatic rings. The van der Waals surface area contributed by atoms with Crippen molar-refractivity contribution in [2.75, 3.05) is 0 Å². The van der Waals surface area contributed by atoms with Crippen molar-refractivity contribution in [1.82, 2.24) is 5.43 Å². The lowest BCUT2D eigenvalue weighted by molar-refractivity contribution is 0.627. The van der Waals surface area contributed by atoms with E-state index in [1.54, 1.807) is 12.1 Å². The highest BCUT2D eigenvalue weighted by Crippen LogP contribution is 2.08. The fourth-order valence-electron chi connectivity index (χ4n) is 0.841. The van der Waals surface area contributed by atoms with E-state index in [4.69, 9.17) is 11.6 Å². The molecule has 0 aliphatic heterocycles. The Kier molecular flexibility index (Phi) is 2.66. The number of rotatable bonds is 2. The molecule has 1 aromatic rings. The van der Waals surface area contributed by atoms with Crippen molar-refractivity contribution in [3.63, 3.8) is 0 Å². The molecule has 1 aromatic carbocycles. The second-order valence-electron chi connectivity index (χ2n) is 2.28. The van der Waals surface area contributed by atoms with Gasteiger partial charge in [0.15, 0.2) is 0 Å². The van der Waals surface area contributed by atoms with E-state index in [1.807, 2.05) is 0 Å². The Balaban J connectivity index is 2.95. The number of halogens is 1. The summed E-state index contributed by atoms with van der Waals surface area (Å²) in [4.78, 5) is 0. The largest absolute Gasteiger partial charge is 0.397 e. The summed E-state index contributed by atoms with van der Waals surface area (Å²) >= 11 is 0. The average molecular weight is 167 g/mol. The molecule has 4 heteroatoms. The molecular formula is C8H10FN3. The zero-order valence-electron chi connectivity index (χ0n) is 6.42. The van der Waals surface area contributed by atoms with Crippen LogP contribution in [0.1, 0.15) is 5.56 Å². The highest BCUT2D eigenvalue weighted by atomic mass is 19.1. The fraction of sp³-hybridized carbons (Fsp3) is 0. The van der Waals surface area contributed by atoms with Crippen LogP contribution < -0.4 is 17.0 Å². The summed E-state index contributed by atoms with van der Waals surface area (Å²) < 4.78 is 12.6. The fourth-order valence-corrected chi connectivity index (χ4v) is 0.841. The van der Waals surface area contributed by atoms with Crippen molar-refractivity contribution < 1.29 is 4.39 Å². The number of hydrazine groups is 1. The summed E-state index contributed by atoms with van der Waals surface area (Å²) in [6, 6.07) is 5.98. The zero-order chi connectivity index (χ0) is 8.97. The highest BCUT2D eigenvalue weighted by Gasteiger charge is 1.96. The molecule has 0 aliphatic carbocycles. The minimum Gasteiger partial charge on any atom is -0.397 e. The zero-order valence-corrected chi connectivity index (χ0v) is 6.42. The molecule has 0 saturated carbocycles. The first-order valence-electron chi connectivity index (χ1n) is 3.42. The predicted molar refractivity (Wildman–Crippen MR) is 45.9 cm³/mol. The van der Waals surface area contributed by atoms with Gasteiger partial charge in [0, 0.05) is 11.8 Å². The minimum atomic E-state index is -0.319. The summed E-state index contributed by atoms with van der Waals surface area (Å²) in [5.74, 6) is 4.69. The van der Waals surface area contributed by atoms with E-state index >= 15 is 0 Å². The number of nitrogens with one attached hydrogen (secondary N) is 1. The van der Waals surface area contributed by atoms with Gasteiger partial charge in [-0.05, 0) is 12.1 Å². The van der Waals surface area contributed by atoms with E-state index in [1.165, 1.54) is 18.3 Å². The molecule has 0 unspecified atom stereocenters. The molecule has 3 nitrogen and oxygen atoms in total. The van der Waals surface area contributed by atoms with Gasteiger partial charge in [-0.3, -0.25) is 5.84 Å². The van der Waals surface area contributed by atoms with Crippen molar-refractivity contribution >= 4 is 5.70 Å². The molecule has 0 radical (unpaired) electrons. The Morgan fingerprint density at radius 1 is 1.50 bits per heavy atom. The van der Waals surface area contributed by atoms with Gasteiger partial charge in [-0.15, -0.1) is 0 Å². The van der Waals surface area contributed by atoms with Gasteiger partial charge < -0.3 is 11.2 Å². The Bertz CT molecular complexity index is 296. The van der Waals surface area contributed by atoms with Crippen LogP contribution >= 0.6 is 0 Å². The Morgan fingerprint density at radius 3 is 2.83 bits per heavy atom. The van der Waals surface area contributed by atoms with Gasteiger partial charge in [0.05, 0.1) is 5.70 Å². The van der Waals surface area contributed by atoms with Gasteiger partial charge in [-0.25, -0.2) is 4.39 Å². The van der Waals surface area contributed by atoms with Crippen LogP contribution in [0.2, 0.25) is 0 Å². The molecule has 12 heavy (non-hydrogen) atoms. The third-order valence-electron chi connectivity index (χ3n) is 1.40. The van der Waals surface area contributed by atoms with Crippen LogP contribution in [-0.2, 0) is 0 Å². The van der Waals surface area contributed by atoms with Crippen molar-refractivity contribution in [3.8, 4) is 0 Å². The molecule has 5 N–H and O–H groups in total. The quantitative estimate of drug-likeness (QED) is 0.445. The Morgan fingerprint density at radius 2 is 2.25 bits per heavy atom. The van der Waals surface area contributed by atoms with E-state index in [0.717, 1.165) is 0 Å². The van der Waals surface area contributed by atoms with Gasteiger partial charge in [0.25, 0.3) is 0 Å². The first-order valence-corrected chi connectivity index (χ1v) is 3.42. The third-order valence-corrected chi connectivity index (χ3v) is 1.40. The summed E-state index contributed by atoms with van der Waals surface area (Å²) in [5, 5.41) is 0. The first-order chi connectivity index (χ1) is 5.74. The van der Waals surface area contributed by atoms with Gasteiger partial charge in [0.2, 0.25) is 0 Å². The lowest BCUT2D eigenvalue weighted by Gasteiger charge is -2.00. The van der Waals surface area contributed by atoms with Crippen LogP contribution in [0.3, 0.4) is 0 Å². The molecule has 0 bridgehead atoms. The molecule has 0 amide bonds. The van der Waals surface area contributed by atoms with Gasteiger partial charge in [0.1, 0.15) is 5.82 Å². The summed E-state index contributed by atoms with van der Waals surface area (Å²) in [7, 11) is 0. The van der Waals surface area contributed by atoms with Crippen LogP contribution in [0, 0.1) is 5.82 Å². The summed E-state index contributed by atoms with van der Waals surface area (Å²) in [6.45, 7) is 0. The molecule has 0 aromatic heterocycles. The third kappa shape index (κ3) is 1.96. The molecule has 1 rings (SSSR count). The topological polar surface area (TPSA) is 64.1 Å².